The summed E-state index contributed by atoms with van der Waals surface area (Å²) in [6, 6.07) is 10.5. The van der Waals surface area contributed by atoms with E-state index in [1.807, 2.05) is 0 Å². The lowest BCUT2D eigenvalue weighted by molar-refractivity contribution is -0.167. The predicted octanol–water partition coefficient (Wildman–Crippen LogP) is 3.48. The number of halogens is 4. The van der Waals surface area contributed by atoms with Gasteiger partial charge in [-0.3, -0.25) is 9.59 Å². The molecule has 0 aliphatic carbocycles. The quantitative estimate of drug-likeness (QED) is 0.493. The predicted molar refractivity (Wildman–Crippen MR) is 87.2 cm³/mol. The van der Waals surface area contributed by atoms with Crippen LogP contribution in [0.4, 0.5) is 23.2 Å². The molecule has 0 bridgehead atoms. The first kappa shape index (κ1) is 19.1. The minimum absolute atomic E-state index is 0.0346. The Labute approximate surface area is 145 Å². The van der Waals surface area contributed by atoms with Crippen LogP contribution in [-0.4, -0.2) is 23.7 Å². The van der Waals surface area contributed by atoms with E-state index < -0.39 is 23.8 Å². The van der Waals surface area contributed by atoms with Crippen LogP contribution in [0.25, 0.3) is 0 Å². The molecule has 9 heteroatoms. The average molecular weight is 367 g/mol. The van der Waals surface area contributed by atoms with Gasteiger partial charge >= 0.3 is 12.1 Å². The SMILES string of the molecule is C/C(=N/NC(=O)c1cccc(F)c1)c1ccc(NC(=O)C(F)(F)F)cc1. The lowest BCUT2D eigenvalue weighted by Crippen LogP contribution is -2.29. The molecule has 0 saturated carbocycles. The van der Waals surface area contributed by atoms with Gasteiger partial charge < -0.3 is 5.32 Å². The van der Waals surface area contributed by atoms with Gasteiger partial charge in [-0.05, 0) is 42.8 Å². The van der Waals surface area contributed by atoms with Crippen molar-refractivity contribution in [1.82, 2.24) is 5.43 Å². The molecule has 136 valence electrons. The van der Waals surface area contributed by atoms with Crippen molar-refractivity contribution in [2.45, 2.75) is 13.1 Å². The first-order valence-electron chi connectivity index (χ1n) is 7.25. The van der Waals surface area contributed by atoms with E-state index in [-0.39, 0.29) is 11.3 Å². The van der Waals surface area contributed by atoms with E-state index in [2.05, 4.69) is 10.5 Å². The van der Waals surface area contributed by atoms with Crippen molar-refractivity contribution in [3.8, 4) is 0 Å². The Morgan fingerprint density at radius 2 is 1.65 bits per heavy atom. The Morgan fingerprint density at radius 3 is 2.23 bits per heavy atom. The monoisotopic (exact) mass is 367 g/mol. The van der Waals surface area contributed by atoms with Crippen LogP contribution < -0.4 is 10.7 Å². The van der Waals surface area contributed by atoms with Gasteiger partial charge in [0, 0.05) is 11.3 Å². The van der Waals surface area contributed by atoms with Crippen LogP contribution in [0.5, 0.6) is 0 Å². The molecule has 5 nitrogen and oxygen atoms in total. The van der Waals surface area contributed by atoms with E-state index in [9.17, 15) is 27.2 Å². The minimum atomic E-state index is -4.97. The van der Waals surface area contributed by atoms with Gasteiger partial charge in [0.1, 0.15) is 5.82 Å². The number of amides is 2. The number of nitrogens with zero attached hydrogens (tertiary/aromatic N) is 1. The molecular weight excluding hydrogens is 354 g/mol. The van der Waals surface area contributed by atoms with Gasteiger partial charge in [-0.1, -0.05) is 18.2 Å². The molecule has 0 fully saturated rings. The topological polar surface area (TPSA) is 70.6 Å². The normalized spacial score (nSPS) is 11.8. The number of anilines is 1. The van der Waals surface area contributed by atoms with Crippen LogP contribution in [0.15, 0.2) is 53.6 Å². The maximum Gasteiger partial charge on any atom is 0.471 e. The second kappa shape index (κ2) is 7.77. The van der Waals surface area contributed by atoms with Gasteiger partial charge in [0.15, 0.2) is 0 Å². The molecule has 2 aromatic rings. The Bertz CT molecular complexity index is 846. The Balaban J connectivity index is 2.03. The summed E-state index contributed by atoms with van der Waals surface area (Å²) in [5.74, 6) is -3.24. The number of carbonyl (C=O) groups excluding carboxylic acids is 2. The van der Waals surface area contributed by atoms with Gasteiger partial charge in [-0.2, -0.15) is 18.3 Å². The summed E-state index contributed by atoms with van der Waals surface area (Å²) in [5, 5.41) is 5.57. The number of hydrogen-bond acceptors (Lipinski definition) is 3. The number of hydrogen-bond donors (Lipinski definition) is 2. The van der Waals surface area contributed by atoms with Gasteiger partial charge in [0.2, 0.25) is 0 Å². The molecule has 0 aromatic heterocycles. The van der Waals surface area contributed by atoms with Crippen LogP contribution in [0.3, 0.4) is 0 Å². The molecule has 0 radical (unpaired) electrons. The zero-order valence-electron chi connectivity index (χ0n) is 13.4. The van der Waals surface area contributed by atoms with Crippen molar-refractivity contribution in [2.75, 3.05) is 5.32 Å². The molecule has 0 heterocycles. The van der Waals surface area contributed by atoms with E-state index >= 15 is 0 Å². The van der Waals surface area contributed by atoms with Crippen LogP contribution >= 0.6 is 0 Å². The van der Waals surface area contributed by atoms with Crippen molar-refractivity contribution in [1.29, 1.82) is 0 Å². The highest BCUT2D eigenvalue weighted by Gasteiger charge is 2.38. The molecule has 2 rings (SSSR count). The van der Waals surface area contributed by atoms with Gasteiger partial charge in [-0.15, -0.1) is 0 Å². The van der Waals surface area contributed by atoms with E-state index in [1.54, 1.807) is 12.2 Å². The highest BCUT2D eigenvalue weighted by atomic mass is 19.4. The van der Waals surface area contributed by atoms with E-state index in [1.165, 1.54) is 42.5 Å². The standard InChI is InChI=1S/C17H13F4N3O2/c1-10(23-24-15(25)12-3-2-4-13(18)9-12)11-5-7-14(8-6-11)22-16(26)17(19,20)21/h2-9H,1H3,(H,22,26)(H,24,25)/b23-10-. The van der Waals surface area contributed by atoms with Gasteiger partial charge in [0.25, 0.3) is 5.91 Å². The van der Waals surface area contributed by atoms with Crippen molar-refractivity contribution < 1.29 is 27.2 Å². The molecule has 2 amide bonds. The van der Waals surface area contributed by atoms with Crippen molar-refractivity contribution in [2.24, 2.45) is 5.10 Å². The number of nitrogens with one attached hydrogen (secondary N) is 2. The fourth-order valence-electron chi connectivity index (χ4n) is 1.89. The largest absolute Gasteiger partial charge is 0.471 e. The molecule has 0 saturated heterocycles. The highest BCUT2D eigenvalue weighted by Crippen LogP contribution is 2.18. The summed E-state index contributed by atoms with van der Waals surface area (Å²) >= 11 is 0. The summed E-state index contributed by atoms with van der Waals surface area (Å²) in [5.41, 5.74) is 3.18. The first-order valence-corrected chi connectivity index (χ1v) is 7.25. The molecular formula is C17H13F4N3O2. The zero-order valence-corrected chi connectivity index (χ0v) is 13.4. The van der Waals surface area contributed by atoms with E-state index in [4.69, 9.17) is 0 Å². The number of carbonyl (C=O) groups is 2. The van der Waals surface area contributed by atoms with Crippen LogP contribution in [0, 0.1) is 5.82 Å². The van der Waals surface area contributed by atoms with Gasteiger partial charge in [-0.25, -0.2) is 9.82 Å². The maximum absolute atomic E-state index is 13.1. The van der Waals surface area contributed by atoms with Crippen LogP contribution in [0.2, 0.25) is 0 Å². The second-order valence-corrected chi connectivity index (χ2v) is 5.18. The molecule has 0 unspecified atom stereocenters. The third kappa shape index (κ3) is 5.13. The smallest absolute Gasteiger partial charge is 0.318 e. The fraction of sp³-hybridized carbons (Fsp3) is 0.118. The third-order valence-electron chi connectivity index (χ3n) is 3.23. The fourth-order valence-corrected chi connectivity index (χ4v) is 1.89. The lowest BCUT2D eigenvalue weighted by atomic mass is 10.1. The summed E-state index contributed by atoms with van der Waals surface area (Å²) in [6.45, 7) is 1.56. The minimum Gasteiger partial charge on any atom is -0.318 e. The molecule has 0 spiro atoms. The lowest BCUT2D eigenvalue weighted by Gasteiger charge is -2.08. The summed E-state index contributed by atoms with van der Waals surface area (Å²) in [7, 11) is 0. The number of hydrazone groups is 1. The first-order chi connectivity index (χ1) is 12.2. The van der Waals surface area contributed by atoms with Crippen molar-refractivity contribution in [3.05, 3.63) is 65.5 Å². The molecule has 0 aliphatic heterocycles. The average Bonchev–Trinajstić information content (AvgIpc) is 2.59. The Morgan fingerprint density at radius 1 is 1.00 bits per heavy atom. The maximum atomic E-state index is 13.1. The number of rotatable bonds is 4. The van der Waals surface area contributed by atoms with E-state index in [0.29, 0.717) is 11.3 Å². The van der Waals surface area contributed by atoms with Crippen LogP contribution in [-0.2, 0) is 4.79 Å². The zero-order chi connectivity index (χ0) is 19.3. The Hall–Kier alpha value is -3.23. The third-order valence-corrected chi connectivity index (χ3v) is 3.23. The molecule has 2 N–H and O–H groups in total. The second-order valence-electron chi connectivity index (χ2n) is 5.18. The summed E-state index contributed by atoms with van der Waals surface area (Å²) in [6.07, 6.45) is -4.97. The van der Waals surface area contributed by atoms with Gasteiger partial charge in [0.05, 0.1) is 5.71 Å². The molecule has 0 aliphatic rings. The highest BCUT2D eigenvalue weighted by molar-refractivity contribution is 6.01. The number of benzene rings is 2. The Kier molecular flexibility index (Phi) is 5.71. The van der Waals surface area contributed by atoms with Crippen molar-refractivity contribution in [3.63, 3.8) is 0 Å². The van der Waals surface area contributed by atoms with Crippen LogP contribution in [0.1, 0.15) is 22.8 Å². The number of alkyl halides is 3. The molecule has 26 heavy (non-hydrogen) atoms. The molecule has 2 aromatic carbocycles. The van der Waals surface area contributed by atoms with E-state index in [0.717, 1.165) is 6.07 Å². The van der Waals surface area contributed by atoms with Crippen molar-refractivity contribution >= 4 is 23.2 Å². The summed E-state index contributed by atoms with van der Waals surface area (Å²) < 4.78 is 49.6. The molecule has 0 atom stereocenters. The summed E-state index contributed by atoms with van der Waals surface area (Å²) in [4.78, 5) is 22.7.